The highest BCUT2D eigenvalue weighted by atomic mass is 127. The monoisotopic (exact) mass is 394 g/mol. The van der Waals surface area contributed by atoms with Crippen molar-refractivity contribution < 1.29 is 9.53 Å². The summed E-state index contributed by atoms with van der Waals surface area (Å²) in [6, 6.07) is 13.1. The van der Waals surface area contributed by atoms with E-state index in [2.05, 4.69) is 33.1 Å². The number of nitrogens with one attached hydrogen (secondary N) is 1. The van der Waals surface area contributed by atoms with Crippen LogP contribution in [0.3, 0.4) is 0 Å². The predicted molar refractivity (Wildman–Crippen MR) is 92.0 cm³/mol. The normalized spacial score (nSPS) is 10.6. The van der Waals surface area contributed by atoms with E-state index in [1.165, 1.54) is 0 Å². The lowest BCUT2D eigenvalue weighted by Crippen LogP contribution is -2.17. The Morgan fingerprint density at radius 1 is 1.29 bits per heavy atom. The van der Waals surface area contributed by atoms with Gasteiger partial charge in [-0.15, -0.1) is 0 Å². The van der Waals surface area contributed by atoms with Crippen molar-refractivity contribution in [3.63, 3.8) is 0 Å². The van der Waals surface area contributed by atoms with Gasteiger partial charge in [0.05, 0.1) is 16.9 Å². The first kappa shape index (κ1) is 15.5. The number of carbonyl (C=O) groups is 1. The lowest BCUT2D eigenvalue weighted by Gasteiger charge is -2.05. The summed E-state index contributed by atoms with van der Waals surface area (Å²) in [5.74, 6) is 0.403. The molecule has 1 amide bonds. The average Bonchev–Trinajstić information content (AvgIpc) is 2.49. The highest BCUT2D eigenvalue weighted by Gasteiger charge is 2.08. The Bertz CT molecular complexity index is 684. The molecule has 0 aliphatic carbocycles. The maximum absolute atomic E-state index is 12.0. The Kier molecular flexibility index (Phi) is 5.32. The molecule has 2 rings (SSSR count). The summed E-state index contributed by atoms with van der Waals surface area (Å²) in [6.45, 7) is 1.99. The molecule has 0 atom stereocenters. The number of rotatable bonds is 4. The molecule has 0 saturated carbocycles. The molecule has 1 N–H and O–H groups in total. The van der Waals surface area contributed by atoms with E-state index in [0.717, 1.165) is 14.7 Å². The summed E-state index contributed by atoms with van der Waals surface area (Å²) in [4.78, 5) is 12.0. The van der Waals surface area contributed by atoms with Gasteiger partial charge in [-0.25, -0.2) is 5.43 Å². The fraction of sp³-hybridized carbons (Fsp3) is 0.125. The van der Waals surface area contributed by atoms with Crippen LogP contribution in [0, 0.1) is 10.5 Å². The van der Waals surface area contributed by atoms with Crippen LogP contribution < -0.4 is 10.2 Å². The molecule has 0 aliphatic heterocycles. The molecule has 0 radical (unpaired) electrons. The third-order valence-electron chi connectivity index (χ3n) is 2.97. The highest BCUT2D eigenvalue weighted by molar-refractivity contribution is 14.1. The Morgan fingerprint density at radius 3 is 2.76 bits per heavy atom. The molecule has 0 unspecified atom stereocenters. The number of hydrazone groups is 1. The van der Waals surface area contributed by atoms with Crippen molar-refractivity contribution in [2.24, 2.45) is 5.10 Å². The molecule has 0 fully saturated rings. The van der Waals surface area contributed by atoms with Gasteiger partial charge in [0.2, 0.25) is 0 Å². The second kappa shape index (κ2) is 7.21. The van der Waals surface area contributed by atoms with E-state index in [9.17, 15) is 4.79 Å². The molecule has 2 aromatic carbocycles. The second-order valence-corrected chi connectivity index (χ2v) is 5.57. The molecule has 0 aliphatic rings. The van der Waals surface area contributed by atoms with Crippen molar-refractivity contribution in [2.45, 2.75) is 6.92 Å². The number of halogens is 1. The van der Waals surface area contributed by atoms with Crippen molar-refractivity contribution in [2.75, 3.05) is 7.11 Å². The van der Waals surface area contributed by atoms with Crippen molar-refractivity contribution in [3.8, 4) is 5.75 Å². The number of hydrogen-bond acceptors (Lipinski definition) is 3. The molecule has 0 heterocycles. The Labute approximate surface area is 137 Å². The van der Waals surface area contributed by atoms with Crippen LogP contribution in [-0.4, -0.2) is 19.2 Å². The first-order valence-corrected chi connectivity index (χ1v) is 7.42. The number of amides is 1. The third kappa shape index (κ3) is 4.04. The van der Waals surface area contributed by atoms with E-state index in [-0.39, 0.29) is 5.91 Å². The van der Waals surface area contributed by atoms with E-state index in [1.54, 1.807) is 25.5 Å². The summed E-state index contributed by atoms with van der Waals surface area (Å²) < 4.78 is 6.15. The van der Waals surface area contributed by atoms with E-state index >= 15 is 0 Å². The van der Waals surface area contributed by atoms with Gasteiger partial charge in [-0.05, 0) is 58.8 Å². The van der Waals surface area contributed by atoms with E-state index in [0.29, 0.717) is 11.3 Å². The zero-order valence-electron chi connectivity index (χ0n) is 11.8. The van der Waals surface area contributed by atoms with Gasteiger partial charge >= 0.3 is 0 Å². The van der Waals surface area contributed by atoms with Crippen LogP contribution in [0.2, 0.25) is 0 Å². The first-order chi connectivity index (χ1) is 10.1. The van der Waals surface area contributed by atoms with Crippen molar-refractivity contribution in [3.05, 3.63) is 62.7 Å². The fourth-order valence-electron chi connectivity index (χ4n) is 1.76. The average molecular weight is 394 g/mol. The number of aryl methyl sites for hydroxylation is 1. The minimum atomic E-state index is -0.269. The van der Waals surface area contributed by atoms with E-state index in [4.69, 9.17) is 4.74 Å². The van der Waals surface area contributed by atoms with Crippen LogP contribution in [0.1, 0.15) is 21.5 Å². The predicted octanol–water partition coefficient (Wildman–Crippen LogP) is 3.37. The molecular formula is C16H15IN2O2. The Balaban J connectivity index is 2.07. The Hall–Kier alpha value is -1.89. The van der Waals surface area contributed by atoms with Crippen molar-refractivity contribution in [1.82, 2.24) is 5.43 Å². The first-order valence-electron chi connectivity index (χ1n) is 6.34. The van der Waals surface area contributed by atoms with Gasteiger partial charge in [0.15, 0.2) is 0 Å². The van der Waals surface area contributed by atoms with Crippen LogP contribution in [0.4, 0.5) is 0 Å². The summed E-state index contributed by atoms with van der Waals surface area (Å²) >= 11 is 2.15. The van der Waals surface area contributed by atoms with Crippen LogP contribution in [0.25, 0.3) is 0 Å². The minimum Gasteiger partial charge on any atom is -0.496 e. The van der Waals surface area contributed by atoms with Crippen molar-refractivity contribution in [1.29, 1.82) is 0 Å². The van der Waals surface area contributed by atoms with Gasteiger partial charge in [-0.2, -0.15) is 5.10 Å². The Morgan fingerprint density at radius 2 is 2.05 bits per heavy atom. The zero-order chi connectivity index (χ0) is 15.2. The maximum Gasteiger partial charge on any atom is 0.271 e. The van der Waals surface area contributed by atoms with E-state index < -0.39 is 0 Å². The molecule has 21 heavy (non-hydrogen) atoms. The largest absolute Gasteiger partial charge is 0.496 e. The third-order valence-corrected chi connectivity index (χ3v) is 3.86. The smallest absolute Gasteiger partial charge is 0.271 e. The van der Waals surface area contributed by atoms with Gasteiger partial charge in [0, 0.05) is 5.56 Å². The molecule has 0 saturated heterocycles. The summed E-state index contributed by atoms with van der Waals surface area (Å²) in [7, 11) is 1.58. The molecule has 108 valence electrons. The number of benzene rings is 2. The second-order valence-electron chi connectivity index (χ2n) is 4.41. The van der Waals surface area contributed by atoms with Crippen LogP contribution in [0.5, 0.6) is 5.75 Å². The van der Waals surface area contributed by atoms with E-state index in [1.807, 2.05) is 37.3 Å². The zero-order valence-corrected chi connectivity index (χ0v) is 13.9. The minimum absolute atomic E-state index is 0.269. The molecule has 4 nitrogen and oxygen atoms in total. The van der Waals surface area contributed by atoms with Crippen molar-refractivity contribution >= 4 is 34.7 Å². The van der Waals surface area contributed by atoms with Gasteiger partial charge < -0.3 is 4.74 Å². The van der Waals surface area contributed by atoms with Crippen LogP contribution in [0.15, 0.2) is 47.6 Å². The molecule has 0 spiro atoms. The summed E-state index contributed by atoms with van der Waals surface area (Å²) in [6.07, 6.45) is 1.64. The number of ether oxygens (including phenoxy) is 1. The topological polar surface area (TPSA) is 50.7 Å². The molecule has 0 aromatic heterocycles. The molecule has 2 aromatic rings. The van der Waals surface area contributed by atoms with Crippen LogP contribution >= 0.6 is 22.6 Å². The van der Waals surface area contributed by atoms with Crippen LogP contribution in [-0.2, 0) is 0 Å². The van der Waals surface area contributed by atoms with Gasteiger partial charge in [0.25, 0.3) is 5.91 Å². The molecular weight excluding hydrogens is 379 g/mol. The SMILES string of the molecule is COc1cc(C(=O)N/N=C\c2ccccc2C)ccc1I. The standard InChI is InChI=1S/C16H15IN2O2/c1-11-5-3-4-6-13(11)10-18-19-16(20)12-7-8-14(17)15(9-12)21-2/h3-10H,1-2H3,(H,19,20)/b18-10-. The fourth-order valence-corrected chi connectivity index (χ4v) is 2.31. The quantitative estimate of drug-likeness (QED) is 0.491. The summed E-state index contributed by atoms with van der Waals surface area (Å²) in [5, 5.41) is 3.99. The lowest BCUT2D eigenvalue weighted by atomic mass is 10.1. The van der Waals surface area contributed by atoms with Gasteiger partial charge in [-0.3, -0.25) is 4.79 Å². The maximum atomic E-state index is 12.0. The molecule has 5 heteroatoms. The summed E-state index contributed by atoms with van der Waals surface area (Å²) in [5.41, 5.74) is 5.10. The lowest BCUT2D eigenvalue weighted by molar-refractivity contribution is 0.0954. The number of carbonyl (C=O) groups excluding carboxylic acids is 1. The van der Waals surface area contributed by atoms with Gasteiger partial charge in [-0.1, -0.05) is 24.3 Å². The number of nitrogens with zero attached hydrogens (tertiary/aromatic N) is 1. The number of methoxy groups -OCH3 is 1. The highest BCUT2D eigenvalue weighted by Crippen LogP contribution is 2.21. The molecule has 0 bridgehead atoms. The number of hydrogen-bond donors (Lipinski definition) is 1. The van der Waals surface area contributed by atoms with Gasteiger partial charge in [0.1, 0.15) is 5.75 Å².